The topological polar surface area (TPSA) is 70.5 Å². The van der Waals surface area contributed by atoms with E-state index in [1.54, 1.807) is 19.2 Å². The van der Waals surface area contributed by atoms with Gasteiger partial charge in [0.15, 0.2) is 11.6 Å². The highest BCUT2D eigenvalue weighted by Gasteiger charge is 2.15. The molecule has 0 fully saturated rings. The Morgan fingerprint density at radius 3 is 2.67 bits per heavy atom. The number of methoxy groups -OCH3 is 1. The molecule has 0 saturated carbocycles. The zero-order valence-corrected chi connectivity index (χ0v) is 11.7. The lowest BCUT2D eigenvalue weighted by Crippen LogP contribution is -1.95. The fourth-order valence-corrected chi connectivity index (χ4v) is 2.08. The van der Waals surface area contributed by atoms with Crippen LogP contribution < -0.4 is 15.2 Å². The number of benzene rings is 1. The van der Waals surface area contributed by atoms with Crippen molar-refractivity contribution in [3.8, 4) is 22.8 Å². The van der Waals surface area contributed by atoms with Crippen LogP contribution in [0.2, 0.25) is 0 Å². The average molecular weight is 313 g/mol. The van der Waals surface area contributed by atoms with Crippen LogP contribution in [0.1, 0.15) is 6.92 Å². The van der Waals surface area contributed by atoms with Gasteiger partial charge in [-0.05, 0) is 28.9 Å². The Morgan fingerprint density at radius 2 is 2.11 bits per heavy atom. The van der Waals surface area contributed by atoms with Crippen molar-refractivity contribution in [2.24, 2.45) is 0 Å². The molecule has 0 saturated heterocycles. The van der Waals surface area contributed by atoms with Crippen molar-refractivity contribution < 1.29 is 14.0 Å². The molecule has 18 heavy (non-hydrogen) atoms. The number of nitrogens with zero attached hydrogens (tertiary/aromatic N) is 1. The minimum Gasteiger partial charge on any atom is -0.495 e. The molecule has 0 amide bonds. The standard InChI is InChI=1S/C12H13BrN2O3/c1-3-17-9-5-11(16-2)8(13)4-7(9)10-6-12(14)15-18-10/h4-6H,3H2,1-2H3,(H2,14,15). The Kier molecular flexibility index (Phi) is 3.76. The van der Waals surface area contributed by atoms with Crippen LogP contribution in [0.15, 0.2) is 27.2 Å². The molecule has 0 spiro atoms. The van der Waals surface area contributed by atoms with Crippen LogP contribution in [0.5, 0.6) is 11.5 Å². The van der Waals surface area contributed by atoms with Gasteiger partial charge in [-0.3, -0.25) is 0 Å². The van der Waals surface area contributed by atoms with E-state index in [4.69, 9.17) is 19.7 Å². The van der Waals surface area contributed by atoms with Gasteiger partial charge in [-0.1, -0.05) is 5.16 Å². The number of hydrogen-bond acceptors (Lipinski definition) is 5. The van der Waals surface area contributed by atoms with Crippen LogP contribution in [0.25, 0.3) is 11.3 Å². The Morgan fingerprint density at radius 1 is 1.33 bits per heavy atom. The highest BCUT2D eigenvalue weighted by atomic mass is 79.9. The Hall–Kier alpha value is -1.69. The summed E-state index contributed by atoms with van der Waals surface area (Å²) in [7, 11) is 1.60. The van der Waals surface area contributed by atoms with Crippen molar-refractivity contribution >= 4 is 21.7 Å². The molecule has 1 aromatic heterocycles. The summed E-state index contributed by atoms with van der Waals surface area (Å²) < 4.78 is 16.8. The van der Waals surface area contributed by atoms with Gasteiger partial charge in [0.25, 0.3) is 0 Å². The molecule has 0 atom stereocenters. The van der Waals surface area contributed by atoms with Crippen LogP contribution >= 0.6 is 15.9 Å². The van der Waals surface area contributed by atoms with Crippen molar-refractivity contribution in [1.29, 1.82) is 0 Å². The lowest BCUT2D eigenvalue weighted by molar-refractivity contribution is 0.335. The summed E-state index contributed by atoms with van der Waals surface area (Å²) in [6, 6.07) is 5.29. The minimum atomic E-state index is 0.333. The second kappa shape index (κ2) is 5.30. The molecule has 2 rings (SSSR count). The molecule has 0 aliphatic carbocycles. The molecule has 1 heterocycles. The molecular weight excluding hydrogens is 300 g/mol. The van der Waals surface area contributed by atoms with Crippen molar-refractivity contribution in [1.82, 2.24) is 5.16 Å². The van der Waals surface area contributed by atoms with Crippen LogP contribution in [-0.2, 0) is 0 Å². The first kappa shape index (κ1) is 12.8. The number of aromatic nitrogens is 1. The van der Waals surface area contributed by atoms with E-state index in [-0.39, 0.29) is 0 Å². The van der Waals surface area contributed by atoms with E-state index in [1.807, 2.05) is 13.0 Å². The smallest absolute Gasteiger partial charge is 0.172 e. The third-order valence-electron chi connectivity index (χ3n) is 2.35. The Bertz CT molecular complexity index is 554. The van der Waals surface area contributed by atoms with E-state index in [0.29, 0.717) is 29.7 Å². The van der Waals surface area contributed by atoms with Gasteiger partial charge in [0.05, 0.1) is 23.8 Å². The zero-order valence-electron chi connectivity index (χ0n) is 10.1. The highest BCUT2D eigenvalue weighted by molar-refractivity contribution is 9.10. The third-order valence-corrected chi connectivity index (χ3v) is 2.97. The summed E-state index contributed by atoms with van der Waals surface area (Å²) in [5.74, 6) is 2.24. The molecule has 0 unspecified atom stereocenters. The van der Waals surface area contributed by atoms with Gasteiger partial charge in [0, 0.05) is 12.1 Å². The molecule has 0 bridgehead atoms. The first-order valence-corrected chi connectivity index (χ1v) is 6.18. The maximum absolute atomic E-state index is 5.57. The molecule has 5 nitrogen and oxygen atoms in total. The fraction of sp³-hybridized carbons (Fsp3) is 0.250. The number of nitrogen functional groups attached to an aromatic ring is 1. The van der Waals surface area contributed by atoms with Gasteiger partial charge in [-0.15, -0.1) is 0 Å². The number of rotatable bonds is 4. The van der Waals surface area contributed by atoms with Gasteiger partial charge in [-0.25, -0.2) is 0 Å². The maximum atomic E-state index is 5.57. The van der Waals surface area contributed by atoms with E-state index in [2.05, 4.69) is 21.1 Å². The van der Waals surface area contributed by atoms with Crippen LogP contribution in [-0.4, -0.2) is 18.9 Å². The van der Waals surface area contributed by atoms with E-state index >= 15 is 0 Å². The molecule has 96 valence electrons. The van der Waals surface area contributed by atoms with E-state index in [1.165, 1.54) is 0 Å². The summed E-state index contributed by atoms with van der Waals surface area (Å²) in [5.41, 5.74) is 6.32. The normalized spacial score (nSPS) is 10.4. The molecular formula is C12H13BrN2O3. The Labute approximate surface area is 113 Å². The van der Waals surface area contributed by atoms with Crippen LogP contribution in [0, 0.1) is 0 Å². The average Bonchev–Trinajstić information content (AvgIpc) is 2.78. The summed E-state index contributed by atoms with van der Waals surface area (Å²) in [6.45, 7) is 2.45. The molecule has 1 aromatic carbocycles. The van der Waals surface area contributed by atoms with Crippen molar-refractivity contribution in [3.63, 3.8) is 0 Å². The molecule has 0 aliphatic heterocycles. The van der Waals surface area contributed by atoms with E-state index in [9.17, 15) is 0 Å². The van der Waals surface area contributed by atoms with Gasteiger partial charge in [-0.2, -0.15) is 0 Å². The summed E-state index contributed by atoms with van der Waals surface area (Å²) in [6.07, 6.45) is 0. The third kappa shape index (κ3) is 2.43. The second-order valence-electron chi connectivity index (χ2n) is 3.53. The number of anilines is 1. The summed E-state index contributed by atoms with van der Waals surface area (Å²) in [4.78, 5) is 0. The van der Waals surface area contributed by atoms with Gasteiger partial charge < -0.3 is 19.7 Å². The second-order valence-corrected chi connectivity index (χ2v) is 4.39. The quantitative estimate of drug-likeness (QED) is 0.939. The molecule has 0 radical (unpaired) electrons. The molecule has 2 N–H and O–H groups in total. The van der Waals surface area contributed by atoms with Crippen LogP contribution in [0.3, 0.4) is 0 Å². The number of ether oxygens (including phenoxy) is 2. The highest BCUT2D eigenvalue weighted by Crippen LogP contribution is 2.39. The Balaban J connectivity index is 2.54. The van der Waals surface area contributed by atoms with Crippen molar-refractivity contribution in [2.45, 2.75) is 6.92 Å². The largest absolute Gasteiger partial charge is 0.495 e. The monoisotopic (exact) mass is 312 g/mol. The number of nitrogens with two attached hydrogens (primary N) is 1. The predicted molar refractivity (Wildman–Crippen MR) is 71.8 cm³/mol. The zero-order chi connectivity index (χ0) is 13.1. The van der Waals surface area contributed by atoms with Gasteiger partial charge >= 0.3 is 0 Å². The minimum absolute atomic E-state index is 0.333. The van der Waals surface area contributed by atoms with Crippen molar-refractivity contribution in [3.05, 3.63) is 22.7 Å². The summed E-state index contributed by atoms with van der Waals surface area (Å²) >= 11 is 3.42. The van der Waals surface area contributed by atoms with Crippen LogP contribution in [0.4, 0.5) is 5.82 Å². The molecule has 2 aromatic rings. The lowest BCUT2D eigenvalue weighted by Gasteiger charge is -2.11. The van der Waals surface area contributed by atoms with E-state index in [0.717, 1.165) is 10.0 Å². The number of halogens is 1. The van der Waals surface area contributed by atoms with Crippen molar-refractivity contribution in [2.75, 3.05) is 19.5 Å². The molecule has 6 heteroatoms. The summed E-state index contributed by atoms with van der Waals surface area (Å²) in [5, 5.41) is 3.67. The number of hydrogen-bond donors (Lipinski definition) is 1. The first-order valence-electron chi connectivity index (χ1n) is 5.38. The molecule has 0 aliphatic rings. The predicted octanol–water partition coefficient (Wildman–Crippen LogP) is 3.09. The first-order chi connectivity index (χ1) is 8.65. The lowest BCUT2D eigenvalue weighted by atomic mass is 10.1. The maximum Gasteiger partial charge on any atom is 0.172 e. The van der Waals surface area contributed by atoms with Gasteiger partial charge in [0.1, 0.15) is 11.5 Å². The van der Waals surface area contributed by atoms with E-state index < -0.39 is 0 Å². The fourth-order valence-electron chi connectivity index (χ4n) is 1.57. The van der Waals surface area contributed by atoms with Gasteiger partial charge in [0.2, 0.25) is 0 Å². The SMILES string of the molecule is CCOc1cc(OC)c(Br)cc1-c1cc(N)no1.